The molecule has 4 nitrogen and oxygen atoms in total. The fourth-order valence-electron chi connectivity index (χ4n) is 2.40. The van der Waals surface area contributed by atoms with E-state index in [2.05, 4.69) is 4.98 Å². The van der Waals surface area contributed by atoms with E-state index in [1.54, 1.807) is 12.3 Å². The molecule has 5 heteroatoms. The van der Waals surface area contributed by atoms with Gasteiger partial charge in [0.15, 0.2) is 0 Å². The monoisotopic (exact) mass is 282 g/mol. The van der Waals surface area contributed by atoms with Gasteiger partial charge >= 0.3 is 0 Å². The van der Waals surface area contributed by atoms with Gasteiger partial charge in [-0.05, 0) is 31.4 Å². The number of ether oxygens (including phenoxy) is 1. The second-order valence-corrected chi connectivity index (χ2v) is 5.14. The molecule has 2 rings (SSSR count). The van der Waals surface area contributed by atoms with Crippen LogP contribution in [0.15, 0.2) is 12.3 Å². The van der Waals surface area contributed by atoms with E-state index >= 15 is 0 Å². The van der Waals surface area contributed by atoms with Gasteiger partial charge in [0.1, 0.15) is 5.15 Å². The molecule has 0 spiro atoms. The summed E-state index contributed by atoms with van der Waals surface area (Å²) >= 11 is 5.97. The minimum atomic E-state index is 0.122. The topological polar surface area (TPSA) is 42.4 Å². The first-order valence-corrected chi connectivity index (χ1v) is 7.03. The van der Waals surface area contributed by atoms with Gasteiger partial charge in [-0.25, -0.2) is 4.98 Å². The lowest BCUT2D eigenvalue weighted by atomic mass is 10.0. The van der Waals surface area contributed by atoms with Gasteiger partial charge in [-0.3, -0.25) is 4.79 Å². The molecule has 0 aromatic carbocycles. The summed E-state index contributed by atoms with van der Waals surface area (Å²) in [5.41, 5.74) is 1.84. The van der Waals surface area contributed by atoms with Crippen molar-refractivity contribution in [3.05, 3.63) is 23.0 Å². The van der Waals surface area contributed by atoms with Gasteiger partial charge in [-0.15, -0.1) is 0 Å². The Bertz CT molecular complexity index is 459. The standard InChI is InChI=1S/C14H19ClN2O2/c1-3-14(18)17(11-4-6-19-7-5-11)12-8-13(15)16-9-10(12)2/h8-9,11H,3-7H2,1-2H3. The molecule has 104 valence electrons. The predicted octanol–water partition coefficient (Wildman–Crippen LogP) is 2.97. The van der Waals surface area contributed by atoms with E-state index in [9.17, 15) is 4.79 Å². The number of anilines is 1. The Kier molecular flexibility index (Phi) is 4.77. The van der Waals surface area contributed by atoms with Crippen molar-refractivity contribution in [1.29, 1.82) is 0 Å². The van der Waals surface area contributed by atoms with Gasteiger partial charge in [0.25, 0.3) is 0 Å². The fourth-order valence-corrected chi connectivity index (χ4v) is 2.55. The van der Waals surface area contributed by atoms with E-state index < -0.39 is 0 Å². The summed E-state index contributed by atoms with van der Waals surface area (Å²) in [6.07, 6.45) is 3.93. The third-order valence-electron chi connectivity index (χ3n) is 3.43. The Labute approximate surface area is 118 Å². The molecule has 1 aromatic rings. The zero-order valence-corrected chi connectivity index (χ0v) is 12.1. The lowest BCUT2D eigenvalue weighted by Gasteiger charge is -2.35. The van der Waals surface area contributed by atoms with Crippen LogP contribution in [0.3, 0.4) is 0 Å². The zero-order valence-electron chi connectivity index (χ0n) is 11.4. The second kappa shape index (κ2) is 6.35. The van der Waals surface area contributed by atoms with Gasteiger partial charge in [0.2, 0.25) is 5.91 Å². The molecular formula is C14H19ClN2O2. The van der Waals surface area contributed by atoms with Gasteiger partial charge in [0.05, 0.1) is 5.69 Å². The average Bonchev–Trinajstić information content (AvgIpc) is 2.44. The first-order valence-electron chi connectivity index (χ1n) is 6.65. The lowest BCUT2D eigenvalue weighted by Crippen LogP contribution is -2.43. The predicted molar refractivity (Wildman–Crippen MR) is 75.6 cm³/mol. The molecule has 0 bridgehead atoms. The molecule has 1 aliphatic heterocycles. The second-order valence-electron chi connectivity index (χ2n) is 4.75. The highest BCUT2D eigenvalue weighted by molar-refractivity contribution is 6.29. The number of rotatable bonds is 3. The van der Waals surface area contributed by atoms with Crippen LogP contribution in [-0.4, -0.2) is 30.1 Å². The van der Waals surface area contributed by atoms with Crippen molar-refractivity contribution in [3.8, 4) is 0 Å². The van der Waals surface area contributed by atoms with Crippen LogP contribution in [0.4, 0.5) is 5.69 Å². The van der Waals surface area contributed by atoms with E-state index in [0.29, 0.717) is 24.8 Å². The van der Waals surface area contributed by atoms with Crippen LogP contribution in [0.25, 0.3) is 0 Å². The minimum absolute atomic E-state index is 0.122. The summed E-state index contributed by atoms with van der Waals surface area (Å²) in [5, 5.41) is 0.418. The molecular weight excluding hydrogens is 264 g/mol. The number of hydrogen-bond acceptors (Lipinski definition) is 3. The summed E-state index contributed by atoms with van der Waals surface area (Å²) in [5.74, 6) is 0.122. The largest absolute Gasteiger partial charge is 0.381 e. The maximum atomic E-state index is 12.3. The smallest absolute Gasteiger partial charge is 0.226 e. The number of amides is 1. The van der Waals surface area contributed by atoms with Crippen LogP contribution >= 0.6 is 11.6 Å². The van der Waals surface area contributed by atoms with Crippen molar-refractivity contribution >= 4 is 23.2 Å². The maximum Gasteiger partial charge on any atom is 0.226 e. The van der Waals surface area contributed by atoms with Crippen molar-refractivity contribution in [2.24, 2.45) is 0 Å². The Hall–Kier alpha value is -1.13. The Morgan fingerprint density at radius 2 is 2.21 bits per heavy atom. The molecule has 0 saturated carbocycles. The molecule has 0 N–H and O–H groups in total. The first kappa shape index (κ1) is 14.3. The molecule has 0 aliphatic carbocycles. The number of halogens is 1. The number of nitrogens with zero attached hydrogens (tertiary/aromatic N) is 2. The molecule has 1 amide bonds. The Morgan fingerprint density at radius 3 is 2.84 bits per heavy atom. The van der Waals surface area contributed by atoms with Crippen molar-refractivity contribution in [1.82, 2.24) is 4.98 Å². The number of carbonyl (C=O) groups excluding carboxylic acids is 1. The summed E-state index contributed by atoms with van der Waals surface area (Å²) in [4.78, 5) is 18.2. The number of aryl methyl sites for hydroxylation is 1. The van der Waals surface area contributed by atoms with E-state index in [4.69, 9.17) is 16.3 Å². The number of carbonyl (C=O) groups is 1. The van der Waals surface area contributed by atoms with Crippen LogP contribution in [-0.2, 0) is 9.53 Å². The molecule has 0 unspecified atom stereocenters. The lowest BCUT2D eigenvalue weighted by molar-refractivity contribution is -0.119. The third kappa shape index (κ3) is 3.25. The fraction of sp³-hybridized carbons (Fsp3) is 0.571. The van der Waals surface area contributed by atoms with Gasteiger partial charge in [0, 0.05) is 31.9 Å². The highest BCUT2D eigenvalue weighted by atomic mass is 35.5. The first-order chi connectivity index (χ1) is 9.13. The quantitative estimate of drug-likeness (QED) is 0.801. The van der Waals surface area contributed by atoms with Crippen molar-refractivity contribution in [3.63, 3.8) is 0 Å². The van der Waals surface area contributed by atoms with Crippen LogP contribution in [0.2, 0.25) is 5.15 Å². The average molecular weight is 283 g/mol. The number of aromatic nitrogens is 1. The molecule has 19 heavy (non-hydrogen) atoms. The van der Waals surface area contributed by atoms with Gasteiger partial charge in [-0.1, -0.05) is 18.5 Å². The van der Waals surface area contributed by atoms with E-state index in [1.807, 2.05) is 18.7 Å². The Balaban J connectivity index is 2.36. The Morgan fingerprint density at radius 1 is 1.53 bits per heavy atom. The summed E-state index contributed by atoms with van der Waals surface area (Å²) < 4.78 is 5.38. The van der Waals surface area contributed by atoms with Crippen molar-refractivity contribution in [2.45, 2.75) is 39.2 Å². The molecule has 1 aromatic heterocycles. The highest BCUT2D eigenvalue weighted by Gasteiger charge is 2.27. The summed E-state index contributed by atoms with van der Waals surface area (Å²) in [6.45, 7) is 5.24. The summed E-state index contributed by atoms with van der Waals surface area (Å²) in [7, 11) is 0. The molecule has 1 aliphatic rings. The molecule has 2 heterocycles. The van der Waals surface area contributed by atoms with Crippen LogP contribution < -0.4 is 4.90 Å². The summed E-state index contributed by atoms with van der Waals surface area (Å²) in [6, 6.07) is 1.97. The van der Waals surface area contributed by atoms with E-state index in [0.717, 1.165) is 24.1 Å². The maximum absolute atomic E-state index is 12.3. The molecule has 1 fully saturated rings. The van der Waals surface area contributed by atoms with Crippen LogP contribution in [0, 0.1) is 6.92 Å². The van der Waals surface area contributed by atoms with Crippen molar-refractivity contribution < 1.29 is 9.53 Å². The van der Waals surface area contributed by atoms with E-state index in [1.165, 1.54) is 0 Å². The number of hydrogen-bond donors (Lipinski definition) is 0. The van der Waals surface area contributed by atoms with E-state index in [-0.39, 0.29) is 11.9 Å². The van der Waals surface area contributed by atoms with Gasteiger partial charge < -0.3 is 9.64 Å². The van der Waals surface area contributed by atoms with Crippen molar-refractivity contribution in [2.75, 3.05) is 18.1 Å². The SMILES string of the molecule is CCC(=O)N(c1cc(Cl)ncc1C)C1CCOCC1. The number of pyridine rings is 1. The molecule has 0 atom stereocenters. The minimum Gasteiger partial charge on any atom is -0.381 e. The molecule has 1 saturated heterocycles. The normalized spacial score (nSPS) is 16.4. The zero-order chi connectivity index (χ0) is 13.8. The van der Waals surface area contributed by atoms with Crippen LogP contribution in [0.5, 0.6) is 0 Å². The highest BCUT2D eigenvalue weighted by Crippen LogP contribution is 2.28. The van der Waals surface area contributed by atoms with Gasteiger partial charge in [-0.2, -0.15) is 0 Å². The third-order valence-corrected chi connectivity index (χ3v) is 3.63. The molecule has 0 radical (unpaired) electrons. The van der Waals surface area contributed by atoms with Crippen LogP contribution in [0.1, 0.15) is 31.7 Å².